The lowest BCUT2D eigenvalue weighted by Gasteiger charge is -2.21. The van der Waals surface area contributed by atoms with Gasteiger partial charge in [0.1, 0.15) is 12.1 Å². The van der Waals surface area contributed by atoms with E-state index in [1.807, 2.05) is 36.4 Å². The fourth-order valence-corrected chi connectivity index (χ4v) is 2.68. The van der Waals surface area contributed by atoms with Crippen LogP contribution in [0.5, 0.6) is 5.88 Å². The summed E-state index contributed by atoms with van der Waals surface area (Å²) in [5, 5.41) is 6.90. The highest BCUT2D eigenvalue weighted by atomic mass is 32.1. The Bertz CT molecular complexity index is 788. The van der Waals surface area contributed by atoms with E-state index in [1.54, 1.807) is 13.2 Å². The van der Waals surface area contributed by atoms with E-state index in [9.17, 15) is 0 Å². The summed E-state index contributed by atoms with van der Waals surface area (Å²) in [6.07, 6.45) is 1.43. The first-order valence-electron chi connectivity index (χ1n) is 7.79. The fourth-order valence-electron chi connectivity index (χ4n) is 2.45. The van der Waals surface area contributed by atoms with Crippen LogP contribution >= 0.6 is 12.2 Å². The third kappa shape index (κ3) is 4.51. The molecule has 0 aliphatic carbocycles. The number of hydrogen-bond acceptors (Lipinski definition) is 4. The molecular formula is C19H18N4OS. The van der Waals surface area contributed by atoms with Gasteiger partial charge in [-0.2, -0.15) is 0 Å². The van der Waals surface area contributed by atoms with Crippen LogP contribution < -0.4 is 15.4 Å². The molecule has 0 saturated carbocycles. The van der Waals surface area contributed by atoms with E-state index in [1.165, 1.54) is 6.33 Å². The van der Waals surface area contributed by atoms with Gasteiger partial charge in [0.25, 0.3) is 0 Å². The molecule has 2 aromatic carbocycles. The van der Waals surface area contributed by atoms with Crippen molar-refractivity contribution in [3.8, 4) is 5.88 Å². The van der Waals surface area contributed by atoms with Gasteiger partial charge in [0.15, 0.2) is 5.11 Å². The van der Waals surface area contributed by atoms with Crippen LogP contribution in [0.3, 0.4) is 0 Å². The summed E-state index contributed by atoms with van der Waals surface area (Å²) in [6, 6.07) is 21.9. The fraction of sp³-hybridized carbons (Fsp3) is 0.105. The molecule has 3 aromatic rings. The summed E-state index contributed by atoms with van der Waals surface area (Å²) in [5.74, 6) is 1.05. The van der Waals surface area contributed by atoms with E-state index >= 15 is 0 Å². The molecule has 0 fully saturated rings. The maximum atomic E-state index is 5.47. The van der Waals surface area contributed by atoms with Crippen LogP contribution in [-0.2, 0) is 0 Å². The minimum Gasteiger partial charge on any atom is -0.481 e. The van der Waals surface area contributed by atoms with Crippen molar-refractivity contribution in [2.24, 2.45) is 0 Å². The molecule has 5 nitrogen and oxygen atoms in total. The van der Waals surface area contributed by atoms with Crippen molar-refractivity contribution in [1.29, 1.82) is 0 Å². The lowest BCUT2D eigenvalue weighted by Crippen LogP contribution is -2.33. The lowest BCUT2D eigenvalue weighted by atomic mass is 9.99. The first-order chi connectivity index (χ1) is 12.3. The number of nitrogens with zero attached hydrogens (tertiary/aromatic N) is 2. The maximum Gasteiger partial charge on any atom is 0.218 e. The molecule has 0 amide bonds. The van der Waals surface area contributed by atoms with E-state index in [0.29, 0.717) is 16.8 Å². The molecule has 3 rings (SSSR count). The lowest BCUT2D eigenvalue weighted by molar-refractivity contribution is 0.397. The van der Waals surface area contributed by atoms with Gasteiger partial charge in [0, 0.05) is 6.07 Å². The third-order valence-corrected chi connectivity index (χ3v) is 3.85. The molecule has 1 aromatic heterocycles. The Morgan fingerprint density at radius 3 is 2.12 bits per heavy atom. The standard InChI is InChI=1S/C19H18N4OS/c1-24-17-12-16(20-13-21-17)22-19(25)23-18(14-8-4-2-5-9-14)15-10-6-3-7-11-15/h2-13,18H,1H3,(H2,20,21,22,23,25). The van der Waals surface area contributed by atoms with Gasteiger partial charge in [-0.15, -0.1) is 0 Å². The second-order valence-electron chi connectivity index (χ2n) is 5.30. The largest absolute Gasteiger partial charge is 0.481 e. The predicted molar refractivity (Wildman–Crippen MR) is 103 cm³/mol. The molecule has 0 bridgehead atoms. The Hall–Kier alpha value is -2.99. The Labute approximate surface area is 152 Å². The average molecular weight is 350 g/mol. The molecule has 0 saturated heterocycles. The SMILES string of the molecule is COc1cc(NC(=S)NC(c2ccccc2)c2ccccc2)ncn1. The van der Waals surface area contributed by atoms with E-state index in [2.05, 4.69) is 44.9 Å². The molecule has 25 heavy (non-hydrogen) atoms. The van der Waals surface area contributed by atoms with Crippen LogP contribution in [-0.4, -0.2) is 22.2 Å². The smallest absolute Gasteiger partial charge is 0.218 e. The minimum absolute atomic E-state index is 0.0638. The second kappa shape index (κ2) is 8.21. The van der Waals surface area contributed by atoms with Crippen LogP contribution in [0.1, 0.15) is 17.2 Å². The summed E-state index contributed by atoms with van der Waals surface area (Å²) in [4.78, 5) is 8.13. The minimum atomic E-state index is -0.0638. The Morgan fingerprint density at radius 2 is 1.56 bits per heavy atom. The molecular weight excluding hydrogens is 332 g/mol. The number of hydrogen-bond donors (Lipinski definition) is 2. The number of thiocarbonyl (C=S) groups is 1. The zero-order valence-corrected chi connectivity index (χ0v) is 14.5. The number of benzene rings is 2. The van der Waals surface area contributed by atoms with Crippen molar-refractivity contribution in [2.45, 2.75) is 6.04 Å². The van der Waals surface area contributed by atoms with E-state index < -0.39 is 0 Å². The third-order valence-electron chi connectivity index (χ3n) is 3.63. The van der Waals surface area contributed by atoms with Gasteiger partial charge in [-0.25, -0.2) is 9.97 Å². The second-order valence-corrected chi connectivity index (χ2v) is 5.71. The predicted octanol–water partition coefficient (Wildman–Crippen LogP) is 3.56. The molecule has 0 aliphatic rings. The first kappa shape index (κ1) is 16.9. The van der Waals surface area contributed by atoms with Crippen LogP contribution in [0.15, 0.2) is 73.1 Å². The van der Waals surface area contributed by atoms with Crippen molar-refractivity contribution < 1.29 is 4.74 Å². The number of nitrogens with one attached hydrogen (secondary N) is 2. The number of methoxy groups -OCH3 is 1. The highest BCUT2D eigenvalue weighted by Gasteiger charge is 2.15. The van der Waals surface area contributed by atoms with Crippen LogP contribution in [0, 0.1) is 0 Å². The zero-order chi connectivity index (χ0) is 17.5. The summed E-state index contributed by atoms with van der Waals surface area (Å²) in [6.45, 7) is 0. The summed E-state index contributed by atoms with van der Waals surface area (Å²) in [5.41, 5.74) is 2.25. The van der Waals surface area contributed by atoms with Crippen LogP contribution in [0.4, 0.5) is 5.82 Å². The monoisotopic (exact) mass is 350 g/mol. The van der Waals surface area contributed by atoms with Gasteiger partial charge in [-0.3, -0.25) is 0 Å². The van der Waals surface area contributed by atoms with E-state index in [4.69, 9.17) is 17.0 Å². The highest BCUT2D eigenvalue weighted by Crippen LogP contribution is 2.22. The maximum absolute atomic E-state index is 5.47. The van der Waals surface area contributed by atoms with Crippen molar-refractivity contribution >= 4 is 23.1 Å². The number of anilines is 1. The van der Waals surface area contributed by atoms with Crippen LogP contribution in [0.2, 0.25) is 0 Å². The molecule has 1 heterocycles. The molecule has 0 spiro atoms. The Morgan fingerprint density at radius 1 is 0.960 bits per heavy atom. The van der Waals surface area contributed by atoms with Crippen molar-refractivity contribution in [3.63, 3.8) is 0 Å². The molecule has 126 valence electrons. The molecule has 0 atom stereocenters. The van der Waals surface area contributed by atoms with E-state index in [0.717, 1.165) is 11.1 Å². The molecule has 0 radical (unpaired) electrons. The Balaban J connectivity index is 1.79. The molecule has 6 heteroatoms. The number of ether oxygens (including phenoxy) is 1. The Kier molecular flexibility index (Phi) is 5.53. The molecule has 0 aliphatic heterocycles. The number of aromatic nitrogens is 2. The quantitative estimate of drug-likeness (QED) is 0.686. The van der Waals surface area contributed by atoms with Crippen molar-refractivity contribution in [2.75, 3.05) is 12.4 Å². The summed E-state index contributed by atoms with van der Waals surface area (Å²) in [7, 11) is 1.56. The van der Waals surface area contributed by atoms with Crippen LogP contribution in [0.25, 0.3) is 0 Å². The van der Waals surface area contributed by atoms with Gasteiger partial charge >= 0.3 is 0 Å². The topological polar surface area (TPSA) is 59.1 Å². The summed E-state index contributed by atoms with van der Waals surface area (Å²) < 4.78 is 5.10. The van der Waals surface area contributed by atoms with Gasteiger partial charge < -0.3 is 15.4 Å². The van der Waals surface area contributed by atoms with Gasteiger partial charge in [-0.1, -0.05) is 60.7 Å². The van der Waals surface area contributed by atoms with E-state index in [-0.39, 0.29) is 6.04 Å². The van der Waals surface area contributed by atoms with Gasteiger partial charge in [0.05, 0.1) is 13.2 Å². The van der Waals surface area contributed by atoms with Gasteiger partial charge in [0.2, 0.25) is 5.88 Å². The molecule has 2 N–H and O–H groups in total. The zero-order valence-electron chi connectivity index (χ0n) is 13.7. The summed E-state index contributed by atoms with van der Waals surface area (Å²) >= 11 is 5.47. The van der Waals surface area contributed by atoms with Crippen molar-refractivity contribution in [3.05, 3.63) is 84.2 Å². The molecule has 0 unspecified atom stereocenters. The first-order valence-corrected chi connectivity index (χ1v) is 8.20. The van der Waals surface area contributed by atoms with Crippen molar-refractivity contribution in [1.82, 2.24) is 15.3 Å². The van der Waals surface area contributed by atoms with Gasteiger partial charge in [-0.05, 0) is 23.3 Å². The average Bonchev–Trinajstić information content (AvgIpc) is 2.67. The normalized spacial score (nSPS) is 10.3. The number of rotatable bonds is 5. The highest BCUT2D eigenvalue weighted by molar-refractivity contribution is 7.80.